The Labute approximate surface area is 162 Å². The lowest BCUT2D eigenvalue weighted by atomic mass is 9.77. The maximum absolute atomic E-state index is 13.0. The number of aryl methyl sites for hydroxylation is 1. The predicted molar refractivity (Wildman–Crippen MR) is 103 cm³/mol. The van der Waals surface area contributed by atoms with E-state index in [1.807, 2.05) is 0 Å². The van der Waals surface area contributed by atoms with Crippen LogP contribution in [0.3, 0.4) is 0 Å². The Bertz CT molecular complexity index is 767. The number of sulfonamides is 1. The molecular formula is C19H31N3O4S. The molecule has 2 aliphatic rings. The van der Waals surface area contributed by atoms with E-state index in [2.05, 4.69) is 6.92 Å². The number of likely N-dealkylation sites (tertiary alicyclic amines) is 1. The van der Waals surface area contributed by atoms with Crippen molar-refractivity contribution in [3.05, 3.63) is 18.0 Å². The van der Waals surface area contributed by atoms with Crippen LogP contribution in [0.5, 0.6) is 0 Å². The smallest absolute Gasteiger partial charge is 0.270 e. The van der Waals surface area contributed by atoms with E-state index < -0.39 is 10.0 Å². The zero-order valence-electron chi connectivity index (χ0n) is 16.4. The number of amides is 1. The standard InChI is InChI=1S/C19H31N3O4S/c1-3-19(15-23)7-11-21(12-8-19)18(24)17-13-16(14-20(17)2)27(25,26)22-9-5-4-6-10-22/h13-14,23H,3-12,15H2,1-2H3. The number of hydrogen-bond acceptors (Lipinski definition) is 4. The summed E-state index contributed by atoms with van der Waals surface area (Å²) in [4.78, 5) is 14.9. The Kier molecular flexibility index (Phi) is 5.98. The molecule has 3 rings (SSSR count). The molecule has 7 nitrogen and oxygen atoms in total. The fourth-order valence-electron chi connectivity index (χ4n) is 4.11. The van der Waals surface area contributed by atoms with E-state index in [-0.39, 0.29) is 22.8 Å². The van der Waals surface area contributed by atoms with E-state index >= 15 is 0 Å². The molecule has 2 saturated heterocycles. The fraction of sp³-hybridized carbons (Fsp3) is 0.737. The number of rotatable bonds is 5. The first kappa shape index (κ1) is 20.4. The summed E-state index contributed by atoms with van der Waals surface area (Å²) in [5, 5.41) is 9.67. The molecule has 0 unspecified atom stereocenters. The number of carbonyl (C=O) groups excluding carboxylic acids is 1. The fourth-order valence-corrected chi connectivity index (χ4v) is 5.70. The van der Waals surface area contributed by atoms with Crippen LogP contribution in [0.1, 0.15) is 55.9 Å². The molecule has 0 aliphatic carbocycles. The van der Waals surface area contributed by atoms with Crippen molar-refractivity contribution < 1.29 is 18.3 Å². The first-order chi connectivity index (χ1) is 12.8. The molecule has 1 aromatic heterocycles. The molecule has 0 atom stereocenters. The van der Waals surface area contributed by atoms with Gasteiger partial charge in [-0.15, -0.1) is 0 Å². The van der Waals surface area contributed by atoms with Crippen molar-refractivity contribution in [3.8, 4) is 0 Å². The highest BCUT2D eigenvalue weighted by Crippen LogP contribution is 2.34. The summed E-state index contributed by atoms with van der Waals surface area (Å²) in [6, 6.07) is 1.51. The van der Waals surface area contributed by atoms with Gasteiger partial charge in [0, 0.05) is 46.0 Å². The Morgan fingerprint density at radius 2 is 1.78 bits per heavy atom. The first-order valence-electron chi connectivity index (χ1n) is 9.90. The molecule has 1 amide bonds. The lowest BCUT2D eigenvalue weighted by Gasteiger charge is -2.40. The van der Waals surface area contributed by atoms with Crippen LogP contribution in [-0.2, 0) is 17.1 Å². The maximum Gasteiger partial charge on any atom is 0.270 e. The number of nitrogens with zero attached hydrogens (tertiary/aromatic N) is 3. The number of aromatic nitrogens is 1. The molecule has 0 radical (unpaired) electrons. The van der Waals surface area contributed by atoms with Crippen molar-refractivity contribution in [1.29, 1.82) is 0 Å². The molecule has 152 valence electrons. The quantitative estimate of drug-likeness (QED) is 0.822. The van der Waals surface area contributed by atoms with Gasteiger partial charge in [-0.2, -0.15) is 4.31 Å². The van der Waals surface area contributed by atoms with Gasteiger partial charge in [-0.05, 0) is 43.6 Å². The molecule has 27 heavy (non-hydrogen) atoms. The van der Waals surface area contributed by atoms with Gasteiger partial charge in [0.1, 0.15) is 10.6 Å². The average molecular weight is 398 g/mol. The topological polar surface area (TPSA) is 82.8 Å². The van der Waals surface area contributed by atoms with Gasteiger partial charge in [0.25, 0.3) is 5.91 Å². The summed E-state index contributed by atoms with van der Waals surface area (Å²) < 4.78 is 28.9. The maximum atomic E-state index is 13.0. The largest absolute Gasteiger partial charge is 0.396 e. The molecule has 1 N–H and O–H groups in total. The van der Waals surface area contributed by atoms with Crippen molar-refractivity contribution in [1.82, 2.24) is 13.8 Å². The number of hydrogen-bond donors (Lipinski definition) is 1. The van der Waals surface area contributed by atoms with Gasteiger partial charge in [-0.1, -0.05) is 13.3 Å². The minimum absolute atomic E-state index is 0.0895. The average Bonchev–Trinajstić information content (AvgIpc) is 3.10. The number of aliphatic hydroxyl groups excluding tert-OH is 1. The van der Waals surface area contributed by atoms with E-state index in [1.165, 1.54) is 10.4 Å². The summed E-state index contributed by atoms with van der Waals surface area (Å²) in [6.45, 7) is 4.50. The molecule has 0 bridgehead atoms. The molecule has 8 heteroatoms. The summed E-state index contributed by atoms with van der Waals surface area (Å²) in [5.74, 6) is -0.139. The molecule has 3 heterocycles. The Hall–Kier alpha value is -1.38. The van der Waals surface area contributed by atoms with Crippen molar-refractivity contribution in [3.63, 3.8) is 0 Å². The SMILES string of the molecule is CCC1(CO)CCN(C(=O)c2cc(S(=O)(=O)N3CCCCC3)cn2C)CC1. The summed E-state index contributed by atoms with van der Waals surface area (Å²) in [5.41, 5.74) is 0.312. The van der Waals surface area contributed by atoms with Gasteiger partial charge >= 0.3 is 0 Å². The van der Waals surface area contributed by atoms with Crippen LogP contribution in [0.2, 0.25) is 0 Å². The van der Waals surface area contributed by atoms with Crippen LogP contribution in [0.25, 0.3) is 0 Å². The van der Waals surface area contributed by atoms with E-state index in [0.717, 1.165) is 38.5 Å². The summed E-state index contributed by atoms with van der Waals surface area (Å²) in [6.07, 6.45) is 6.82. The highest BCUT2D eigenvalue weighted by molar-refractivity contribution is 7.89. The highest BCUT2D eigenvalue weighted by atomic mass is 32.2. The van der Waals surface area contributed by atoms with E-state index in [4.69, 9.17) is 0 Å². The van der Waals surface area contributed by atoms with Crippen LogP contribution in [-0.4, -0.2) is 66.0 Å². The second-order valence-corrected chi connectivity index (χ2v) is 9.88. The minimum atomic E-state index is -3.55. The Balaban J connectivity index is 1.76. The van der Waals surface area contributed by atoms with Crippen molar-refractivity contribution in [2.45, 2.75) is 50.3 Å². The van der Waals surface area contributed by atoms with Gasteiger partial charge in [-0.3, -0.25) is 4.79 Å². The van der Waals surface area contributed by atoms with Crippen LogP contribution < -0.4 is 0 Å². The third-order valence-electron chi connectivity index (χ3n) is 6.35. The number of aliphatic hydroxyl groups is 1. The van der Waals surface area contributed by atoms with E-state index in [9.17, 15) is 18.3 Å². The summed E-state index contributed by atoms with van der Waals surface area (Å²) in [7, 11) is -1.83. The zero-order chi connectivity index (χ0) is 19.7. The van der Waals surface area contributed by atoms with E-state index in [0.29, 0.717) is 31.9 Å². The predicted octanol–water partition coefficient (Wildman–Crippen LogP) is 1.82. The molecule has 2 fully saturated rings. The van der Waals surface area contributed by atoms with Gasteiger partial charge in [-0.25, -0.2) is 8.42 Å². The highest BCUT2D eigenvalue weighted by Gasteiger charge is 2.35. The van der Waals surface area contributed by atoms with Gasteiger partial charge < -0.3 is 14.6 Å². The van der Waals surface area contributed by atoms with Gasteiger partial charge in [0.05, 0.1) is 0 Å². The van der Waals surface area contributed by atoms with E-state index in [1.54, 1.807) is 22.7 Å². The van der Waals surface area contributed by atoms with Crippen LogP contribution in [0.4, 0.5) is 0 Å². The second-order valence-electron chi connectivity index (χ2n) is 7.94. The second kappa shape index (κ2) is 7.93. The van der Waals surface area contributed by atoms with Crippen molar-refractivity contribution in [2.24, 2.45) is 12.5 Å². The zero-order valence-corrected chi connectivity index (χ0v) is 17.2. The minimum Gasteiger partial charge on any atom is -0.396 e. The Morgan fingerprint density at radius 3 is 2.33 bits per heavy atom. The lowest BCUT2D eigenvalue weighted by Crippen LogP contribution is -2.44. The molecule has 0 spiro atoms. The Morgan fingerprint density at radius 1 is 1.15 bits per heavy atom. The summed E-state index contributed by atoms with van der Waals surface area (Å²) >= 11 is 0. The normalized spacial score (nSPS) is 21.4. The molecule has 0 saturated carbocycles. The lowest BCUT2D eigenvalue weighted by molar-refractivity contribution is 0.0332. The van der Waals surface area contributed by atoms with Crippen LogP contribution >= 0.6 is 0 Å². The third-order valence-corrected chi connectivity index (χ3v) is 8.21. The monoisotopic (exact) mass is 397 g/mol. The third kappa shape index (κ3) is 3.93. The van der Waals surface area contributed by atoms with Crippen LogP contribution in [0.15, 0.2) is 17.2 Å². The van der Waals surface area contributed by atoms with Gasteiger partial charge in [0.15, 0.2) is 0 Å². The molecular weight excluding hydrogens is 366 g/mol. The van der Waals surface area contributed by atoms with Crippen molar-refractivity contribution in [2.75, 3.05) is 32.8 Å². The van der Waals surface area contributed by atoms with Crippen LogP contribution in [0, 0.1) is 5.41 Å². The van der Waals surface area contributed by atoms with Crippen molar-refractivity contribution >= 4 is 15.9 Å². The number of carbonyl (C=O) groups is 1. The molecule has 1 aromatic rings. The number of piperidine rings is 2. The molecule has 0 aromatic carbocycles. The van der Waals surface area contributed by atoms with Gasteiger partial charge in [0.2, 0.25) is 10.0 Å². The first-order valence-corrected chi connectivity index (χ1v) is 11.3. The molecule has 2 aliphatic heterocycles.